The van der Waals surface area contributed by atoms with Crippen LogP contribution in [0.1, 0.15) is 52.2 Å². The molecule has 3 heterocycles. The Balaban J connectivity index is 1.65. The first-order valence-electron chi connectivity index (χ1n) is 9.86. The summed E-state index contributed by atoms with van der Waals surface area (Å²) in [6.07, 6.45) is 9.44. The lowest BCUT2D eigenvalue weighted by atomic mass is 10.1. The standard InChI is InChI=1S/C21H21N7O3/c1-2-28(31)21(30)15-7-8-22-11-18(15)27-20(29)19-17(25-14-9-23-12-24-10-14)6-5-16(26-19)13-3-4-13/h5-13,25,31H,2-4H2,1H3,(H,27,29). The fraction of sp³-hybridized carbons (Fsp3) is 0.238. The van der Waals surface area contributed by atoms with Gasteiger partial charge in [-0.1, -0.05) is 0 Å². The molecule has 0 unspecified atom stereocenters. The van der Waals surface area contributed by atoms with E-state index in [0.29, 0.717) is 22.4 Å². The van der Waals surface area contributed by atoms with Crippen LogP contribution in [0, 0.1) is 0 Å². The Morgan fingerprint density at radius 1 is 1.10 bits per heavy atom. The van der Waals surface area contributed by atoms with Gasteiger partial charge >= 0.3 is 0 Å². The summed E-state index contributed by atoms with van der Waals surface area (Å²) in [6.45, 7) is 1.74. The number of hydrogen-bond acceptors (Lipinski definition) is 8. The minimum Gasteiger partial charge on any atom is -0.351 e. The van der Waals surface area contributed by atoms with E-state index in [0.717, 1.165) is 18.5 Å². The molecule has 1 fully saturated rings. The van der Waals surface area contributed by atoms with Gasteiger partial charge in [-0.2, -0.15) is 0 Å². The largest absolute Gasteiger partial charge is 0.351 e. The molecule has 1 aliphatic rings. The second kappa shape index (κ2) is 8.84. The van der Waals surface area contributed by atoms with Crippen molar-refractivity contribution in [2.75, 3.05) is 17.2 Å². The van der Waals surface area contributed by atoms with Crippen molar-refractivity contribution in [2.24, 2.45) is 0 Å². The van der Waals surface area contributed by atoms with Crippen molar-refractivity contribution in [1.29, 1.82) is 0 Å². The molecule has 2 amide bonds. The predicted octanol–water partition coefficient (Wildman–Crippen LogP) is 2.99. The quantitative estimate of drug-likeness (QED) is 0.393. The summed E-state index contributed by atoms with van der Waals surface area (Å²) in [5, 5.41) is 16.2. The van der Waals surface area contributed by atoms with Gasteiger partial charge in [-0.25, -0.2) is 20.0 Å². The summed E-state index contributed by atoms with van der Waals surface area (Å²) in [5.74, 6) is -0.798. The maximum Gasteiger partial charge on any atom is 0.279 e. The third kappa shape index (κ3) is 4.64. The molecule has 0 bridgehead atoms. The first-order valence-corrected chi connectivity index (χ1v) is 9.86. The fourth-order valence-electron chi connectivity index (χ4n) is 3.02. The number of carbonyl (C=O) groups excluding carboxylic acids is 2. The number of rotatable bonds is 7. The molecule has 31 heavy (non-hydrogen) atoms. The molecule has 0 aliphatic heterocycles. The summed E-state index contributed by atoms with van der Waals surface area (Å²) >= 11 is 0. The highest BCUT2D eigenvalue weighted by Gasteiger charge is 2.27. The molecule has 10 heteroatoms. The van der Waals surface area contributed by atoms with Crippen molar-refractivity contribution in [1.82, 2.24) is 25.0 Å². The second-order valence-corrected chi connectivity index (χ2v) is 7.06. The van der Waals surface area contributed by atoms with Crippen LogP contribution in [0.2, 0.25) is 0 Å². The van der Waals surface area contributed by atoms with E-state index in [1.807, 2.05) is 6.07 Å². The topological polar surface area (TPSA) is 133 Å². The monoisotopic (exact) mass is 419 g/mol. The van der Waals surface area contributed by atoms with Gasteiger partial charge in [0.15, 0.2) is 5.69 Å². The maximum absolute atomic E-state index is 13.2. The van der Waals surface area contributed by atoms with Crippen LogP contribution in [-0.2, 0) is 0 Å². The van der Waals surface area contributed by atoms with E-state index in [1.165, 1.54) is 24.8 Å². The molecule has 0 atom stereocenters. The molecule has 0 saturated heterocycles. The molecule has 0 aromatic carbocycles. The van der Waals surface area contributed by atoms with Crippen LogP contribution in [0.15, 0.2) is 49.3 Å². The number of carbonyl (C=O) groups is 2. The first kappa shape index (κ1) is 20.4. The average molecular weight is 419 g/mol. The second-order valence-electron chi connectivity index (χ2n) is 7.06. The highest BCUT2D eigenvalue weighted by molar-refractivity contribution is 6.10. The van der Waals surface area contributed by atoms with Gasteiger partial charge in [0.1, 0.15) is 6.33 Å². The van der Waals surface area contributed by atoms with Gasteiger partial charge in [-0.3, -0.25) is 19.8 Å². The normalized spacial score (nSPS) is 12.8. The molecule has 4 rings (SSSR count). The maximum atomic E-state index is 13.2. The van der Waals surface area contributed by atoms with Gasteiger partial charge in [-0.15, -0.1) is 0 Å². The number of aromatic nitrogens is 4. The van der Waals surface area contributed by atoms with E-state index in [9.17, 15) is 14.8 Å². The summed E-state index contributed by atoms with van der Waals surface area (Å²) in [6, 6.07) is 5.13. The zero-order chi connectivity index (χ0) is 21.8. The Morgan fingerprint density at radius 3 is 2.58 bits per heavy atom. The molecule has 0 spiro atoms. The lowest BCUT2D eigenvalue weighted by Crippen LogP contribution is -2.28. The van der Waals surface area contributed by atoms with Gasteiger partial charge in [0.05, 0.1) is 41.2 Å². The Labute approximate surface area is 178 Å². The number of hydrogen-bond donors (Lipinski definition) is 3. The summed E-state index contributed by atoms with van der Waals surface area (Å²) < 4.78 is 0. The van der Waals surface area contributed by atoms with Gasteiger partial charge in [0.2, 0.25) is 0 Å². The number of hydroxylamine groups is 2. The van der Waals surface area contributed by atoms with E-state index in [-0.39, 0.29) is 23.5 Å². The number of anilines is 3. The fourth-order valence-corrected chi connectivity index (χ4v) is 3.02. The van der Waals surface area contributed by atoms with Crippen LogP contribution in [0.3, 0.4) is 0 Å². The van der Waals surface area contributed by atoms with Crippen LogP contribution in [0.4, 0.5) is 17.1 Å². The number of amides is 2. The van der Waals surface area contributed by atoms with Crippen LogP contribution in [0.25, 0.3) is 0 Å². The Bertz CT molecular complexity index is 1100. The van der Waals surface area contributed by atoms with Crippen molar-refractivity contribution in [2.45, 2.75) is 25.7 Å². The third-order valence-corrected chi connectivity index (χ3v) is 4.80. The highest BCUT2D eigenvalue weighted by atomic mass is 16.5. The van der Waals surface area contributed by atoms with Gasteiger partial charge in [0.25, 0.3) is 11.8 Å². The van der Waals surface area contributed by atoms with Crippen LogP contribution in [0.5, 0.6) is 0 Å². The van der Waals surface area contributed by atoms with Crippen LogP contribution < -0.4 is 10.6 Å². The summed E-state index contributed by atoms with van der Waals surface area (Å²) in [5.41, 5.74) is 2.40. The van der Waals surface area contributed by atoms with Crippen LogP contribution in [-0.4, -0.2) is 48.6 Å². The van der Waals surface area contributed by atoms with E-state index >= 15 is 0 Å². The summed E-state index contributed by atoms with van der Waals surface area (Å²) in [4.78, 5) is 42.1. The molecule has 3 aromatic heterocycles. The lowest BCUT2D eigenvalue weighted by molar-refractivity contribution is -0.0541. The van der Waals surface area contributed by atoms with Crippen molar-refractivity contribution < 1.29 is 14.8 Å². The molecule has 158 valence electrons. The Hall–Kier alpha value is -3.92. The Morgan fingerprint density at radius 2 is 1.87 bits per heavy atom. The van der Waals surface area contributed by atoms with Crippen molar-refractivity contribution in [3.63, 3.8) is 0 Å². The molecule has 1 aliphatic carbocycles. The zero-order valence-corrected chi connectivity index (χ0v) is 16.8. The molecule has 1 saturated carbocycles. The van der Waals surface area contributed by atoms with Gasteiger partial charge < -0.3 is 10.6 Å². The highest BCUT2D eigenvalue weighted by Crippen LogP contribution is 2.39. The molecular formula is C21H21N7O3. The SMILES string of the molecule is CCN(O)C(=O)c1ccncc1NC(=O)c1nc(C2CC2)ccc1Nc1cncnc1. The van der Waals surface area contributed by atoms with Gasteiger partial charge in [-0.05, 0) is 38.0 Å². The van der Waals surface area contributed by atoms with E-state index < -0.39 is 11.8 Å². The minimum atomic E-state index is -0.639. The third-order valence-electron chi connectivity index (χ3n) is 4.80. The predicted molar refractivity (Wildman–Crippen MR) is 112 cm³/mol. The Kier molecular flexibility index (Phi) is 5.80. The van der Waals surface area contributed by atoms with Crippen LogP contribution >= 0.6 is 0 Å². The van der Waals surface area contributed by atoms with Crippen molar-refractivity contribution in [3.8, 4) is 0 Å². The molecular weight excluding hydrogens is 398 g/mol. The first-order chi connectivity index (χ1) is 15.1. The number of nitrogens with one attached hydrogen (secondary N) is 2. The molecule has 0 radical (unpaired) electrons. The molecule has 10 nitrogen and oxygen atoms in total. The summed E-state index contributed by atoms with van der Waals surface area (Å²) in [7, 11) is 0. The average Bonchev–Trinajstić information content (AvgIpc) is 3.65. The van der Waals surface area contributed by atoms with E-state index in [1.54, 1.807) is 25.4 Å². The zero-order valence-electron chi connectivity index (χ0n) is 16.8. The smallest absolute Gasteiger partial charge is 0.279 e. The molecule has 3 aromatic rings. The van der Waals surface area contributed by atoms with Gasteiger partial charge in [0, 0.05) is 24.4 Å². The van der Waals surface area contributed by atoms with Crippen molar-refractivity contribution >= 4 is 28.9 Å². The van der Waals surface area contributed by atoms with Crippen molar-refractivity contribution in [3.05, 3.63) is 66.3 Å². The number of pyridine rings is 2. The van der Waals surface area contributed by atoms with E-state index in [2.05, 4.69) is 30.6 Å². The lowest BCUT2D eigenvalue weighted by Gasteiger charge is -2.16. The minimum absolute atomic E-state index is 0.104. The van der Waals surface area contributed by atoms with E-state index in [4.69, 9.17) is 0 Å². The number of nitrogens with zero attached hydrogens (tertiary/aromatic N) is 5. The molecule has 3 N–H and O–H groups in total.